The van der Waals surface area contributed by atoms with Gasteiger partial charge in [0.1, 0.15) is 5.78 Å². The van der Waals surface area contributed by atoms with E-state index in [-0.39, 0.29) is 5.92 Å². The molecule has 1 saturated carbocycles. The fraction of sp³-hybridized carbons (Fsp3) is 0.636. The highest BCUT2D eigenvalue weighted by Crippen LogP contribution is 2.32. The lowest BCUT2D eigenvalue weighted by atomic mass is 9.95. The van der Waals surface area contributed by atoms with Crippen LogP contribution in [0, 0.1) is 0 Å². The molecule has 3 nitrogen and oxygen atoms in total. The molecule has 0 aromatic carbocycles. The van der Waals surface area contributed by atoms with E-state index in [0.717, 1.165) is 35.8 Å². The molecule has 0 N–H and O–H groups in total. The smallest absolute Gasteiger partial charge is 0.141 e. The van der Waals surface area contributed by atoms with E-state index < -0.39 is 0 Å². The summed E-state index contributed by atoms with van der Waals surface area (Å²) >= 11 is 3.47. The third kappa shape index (κ3) is 2.14. The normalized spacial score (nSPS) is 22.8. The topological polar surface area (TPSA) is 34.9 Å². The first-order chi connectivity index (χ1) is 7.20. The molecule has 1 unspecified atom stereocenters. The molecular weight excluding hydrogens is 256 g/mol. The second-order valence-corrected chi connectivity index (χ2v) is 4.97. The van der Waals surface area contributed by atoms with E-state index in [1.54, 1.807) is 6.20 Å². The van der Waals surface area contributed by atoms with Crippen molar-refractivity contribution in [2.24, 2.45) is 7.05 Å². The van der Waals surface area contributed by atoms with Gasteiger partial charge >= 0.3 is 0 Å². The number of carbonyl (C=O) groups excluding carboxylic acids is 1. The second kappa shape index (κ2) is 4.47. The number of hydrogen-bond acceptors (Lipinski definition) is 2. The van der Waals surface area contributed by atoms with Gasteiger partial charge in [0.2, 0.25) is 0 Å². The summed E-state index contributed by atoms with van der Waals surface area (Å²) in [5.41, 5.74) is 1.04. The maximum absolute atomic E-state index is 12.0. The Morgan fingerprint density at radius 3 is 2.93 bits per heavy atom. The van der Waals surface area contributed by atoms with E-state index in [4.69, 9.17) is 0 Å². The number of rotatable bonds is 1. The van der Waals surface area contributed by atoms with Crippen LogP contribution in [-0.4, -0.2) is 15.6 Å². The van der Waals surface area contributed by atoms with E-state index in [1.165, 1.54) is 6.42 Å². The molecule has 1 aliphatic carbocycles. The zero-order valence-corrected chi connectivity index (χ0v) is 10.5. The average molecular weight is 271 g/mol. The maximum Gasteiger partial charge on any atom is 0.141 e. The van der Waals surface area contributed by atoms with Gasteiger partial charge in [0, 0.05) is 13.5 Å². The third-order valence-corrected chi connectivity index (χ3v) is 3.68. The summed E-state index contributed by atoms with van der Waals surface area (Å²) < 4.78 is 2.78. The van der Waals surface area contributed by atoms with E-state index in [2.05, 4.69) is 21.0 Å². The largest absolute Gasteiger partial charge is 0.299 e. The molecule has 2 rings (SSSR count). The van der Waals surface area contributed by atoms with Crippen molar-refractivity contribution in [2.75, 3.05) is 0 Å². The molecule has 1 fully saturated rings. The summed E-state index contributed by atoms with van der Waals surface area (Å²) in [6.07, 6.45) is 6.84. The Morgan fingerprint density at radius 1 is 1.47 bits per heavy atom. The summed E-state index contributed by atoms with van der Waals surface area (Å²) in [4.78, 5) is 12.0. The van der Waals surface area contributed by atoms with E-state index in [0.29, 0.717) is 5.78 Å². The van der Waals surface area contributed by atoms with Crippen molar-refractivity contribution >= 4 is 21.7 Å². The lowest BCUT2D eigenvalue weighted by molar-refractivity contribution is -0.120. The average Bonchev–Trinajstić information content (AvgIpc) is 2.42. The predicted molar refractivity (Wildman–Crippen MR) is 61.7 cm³/mol. The van der Waals surface area contributed by atoms with Crippen LogP contribution in [0.1, 0.15) is 43.7 Å². The fourth-order valence-electron chi connectivity index (χ4n) is 2.26. The monoisotopic (exact) mass is 270 g/mol. The number of aromatic nitrogens is 2. The number of nitrogens with zero attached hydrogens (tertiary/aromatic N) is 2. The number of ketones is 1. The lowest BCUT2D eigenvalue weighted by Crippen LogP contribution is -2.14. The van der Waals surface area contributed by atoms with Gasteiger partial charge in [-0.2, -0.15) is 5.10 Å². The number of halogens is 1. The van der Waals surface area contributed by atoms with Crippen LogP contribution in [0.25, 0.3) is 0 Å². The highest BCUT2D eigenvalue weighted by Gasteiger charge is 2.26. The molecule has 4 heteroatoms. The highest BCUT2D eigenvalue weighted by molar-refractivity contribution is 9.10. The third-order valence-electron chi connectivity index (χ3n) is 3.07. The van der Waals surface area contributed by atoms with Crippen molar-refractivity contribution in [1.29, 1.82) is 0 Å². The minimum atomic E-state index is 0.0503. The molecule has 1 atom stereocenters. The minimum Gasteiger partial charge on any atom is -0.299 e. The summed E-state index contributed by atoms with van der Waals surface area (Å²) in [5.74, 6) is 0.422. The molecule has 0 radical (unpaired) electrons. The van der Waals surface area contributed by atoms with Crippen LogP contribution in [0.2, 0.25) is 0 Å². The van der Waals surface area contributed by atoms with Gasteiger partial charge in [0.25, 0.3) is 0 Å². The van der Waals surface area contributed by atoms with Crippen molar-refractivity contribution < 1.29 is 4.79 Å². The molecule has 0 saturated heterocycles. The van der Waals surface area contributed by atoms with Crippen molar-refractivity contribution in [3.05, 3.63) is 16.4 Å². The second-order valence-electron chi connectivity index (χ2n) is 4.12. The molecule has 15 heavy (non-hydrogen) atoms. The van der Waals surface area contributed by atoms with Crippen LogP contribution in [0.5, 0.6) is 0 Å². The van der Waals surface area contributed by atoms with Crippen LogP contribution in [-0.2, 0) is 11.8 Å². The van der Waals surface area contributed by atoms with Gasteiger partial charge < -0.3 is 0 Å². The van der Waals surface area contributed by atoms with E-state index >= 15 is 0 Å². The van der Waals surface area contributed by atoms with Crippen LogP contribution < -0.4 is 0 Å². The Balaban J connectivity index is 2.31. The van der Waals surface area contributed by atoms with Crippen LogP contribution in [0.3, 0.4) is 0 Å². The number of carbonyl (C=O) groups is 1. The Bertz CT molecular complexity index is 353. The molecule has 1 aliphatic rings. The van der Waals surface area contributed by atoms with Gasteiger partial charge in [-0.3, -0.25) is 9.48 Å². The summed E-state index contributed by atoms with van der Waals surface area (Å²) in [5, 5.41) is 4.17. The van der Waals surface area contributed by atoms with Crippen molar-refractivity contribution in [1.82, 2.24) is 9.78 Å². The number of hydrogen-bond donors (Lipinski definition) is 0. The number of Topliss-reactive ketones (excluding diaryl/α,β-unsaturated/α-hetero) is 1. The molecular formula is C11H15BrN2O. The molecule has 0 amide bonds. The van der Waals surface area contributed by atoms with Gasteiger partial charge in [-0.15, -0.1) is 0 Å². The van der Waals surface area contributed by atoms with Gasteiger partial charge in [-0.05, 0) is 28.8 Å². The molecule has 82 valence electrons. The zero-order chi connectivity index (χ0) is 10.8. The van der Waals surface area contributed by atoms with Crippen LogP contribution in [0.4, 0.5) is 0 Å². The molecule has 0 aliphatic heterocycles. The van der Waals surface area contributed by atoms with Crippen LogP contribution in [0.15, 0.2) is 10.7 Å². The summed E-state index contributed by atoms with van der Waals surface area (Å²) in [7, 11) is 1.90. The molecule has 1 heterocycles. The van der Waals surface area contributed by atoms with Gasteiger partial charge in [-0.1, -0.05) is 12.8 Å². The predicted octanol–water partition coefficient (Wildman–Crippen LogP) is 2.80. The Labute approximate surface area is 98.0 Å². The molecule has 0 spiro atoms. The molecule has 1 aromatic rings. The highest BCUT2D eigenvalue weighted by atomic mass is 79.9. The van der Waals surface area contributed by atoms with Crippen molar-refractivity contribution in [3.63, 3.8) is 0 Å². The maximum atomic E-state index is 12.0. The van der Waals surface area contributed by atoms with Crippen molar-refractivity contribution in [3.8, 4) is 0 Å². The number of aryl methyl sites for hydroxylation is 1. The fourth-order valence-corrected chi connectivity index (χ4v) is 2.89. The first kappa shape index (κ1) is 10.9. The first-order valence-corrected chi connectivity index (χ1v) is 6.19. The molecule has 1 aromatic heterocycles. The van der Waals surface area contributed by atoms with Gasteiger partial charge in [-0.25, -0.2) is 0 Å². The minimum absolute atomic E-state index is 0.0503. The summed E-state index contributed by atoms with van der Waals surface area (Å²) in [6.45, 7) is 0. The first-order valence-electron chi connectivity index (χ1n) is 5.40. The molecule has 0 bridgehead atoms. The van der Waals surface area contributed by atoms with Gasteiger partial charge in [0.05, 0.1) is 22.3 Å². The Kier molecular flexibility index (Phi) is 3.24. The van der Waals surface area contributed by atoms with E-state index in [9.17, 15) is 4.79 Å². The Hall–Kier alpha value is -0.640. The van der Waals surface area contributed by atoms with Crippen molar-refractivity contribution in [2.45, 2.75) is 38.0 Å². The standard InChI is InChI=1S/C11H15BrN2O/c1-14-11(9(12)7-13-14)8-5-3-2-4-6-10(8)15/h7-8H,2-6H2,1H3. The quantitative estimate of drug-likeness (QED) is 0.736. The Morgan fingerprint density at radius 2 is 2.27 bits per heavy atom. The summed E-state index contributed by atoms with van der Waals surface area (Å²) in [6, 6.07) is 0. The SMILES string of the molecule is Cn1ncc(Br)c1C1CCCCCC1=O. The lowest BCUT2D eigenvalue weighted by Gasteiger charge is -2.13. The van der Waals surface area contributed by atoms with E-state index in [1.807, 2.05) is 11.7 Å². The zero-order valence-electron chi connectivity index (χ0n) is 8.87. The van der Waals surface area contributed by atoms with Gasteiger partial charge in [0.15, 0.2) is 0 Å². The van der Waals surface area contributed by atoms with Crippen LogP contribution >= 0.6 is 15.9 Å².